The molecular formula is C11H14N4S. The van der Waals surface area contributed by atoms with E-state index in [1.54, 1.807) is 22.8 Å². The highest BCUT2D eigenvalue weighted by Crippen LogP contribution is 2.26. The van der Waals surface area contributed by atoms with Crippen LogP contribution in [0.4, 0.5) is 5.69 Å². The summed E-state index contributed by atoms with van der Waals surface area (Å²) in [6, 6.07) is 5.96. The zero-order chi connectivity index (χ0) is 11.5. The number of rotatable bonds is 3. The van der Waals surface area contributed by atoms with Crippen LogP contribution in [0.3, 0.4) is 0 Å². The summed E-state index contributed by atoms with van der Waals surface area (Å²) in [4.78, 5) is 5.42. The van der Waals surface area contributed by atoms with Gasteiger partial charge in [0, 0.05) is 17.6 Å². The molecule has 0 bridgehead atoms. The van der Waals surface area contributed by atoms with Crippen LogP contribution in [0.2, 0.25) is 0 Å². The summed E-state index contributed by atoms with van der Waals surface area (Å²) in [5.41, 5.74) is 7.71. The molecule has 1 aromatic carbocycles. The van der Waals surface area contributed by atoms with Crippen LogP contribution in [-0.4, -0.2) is 14.8 Å². The molecule has 0 aliphatic carbocycles. The van der Waals surface area contributed by atoms with Gasteiger partial charge in [0.2, 0.25) is 0 Å². The summed E-state index contributed by atoms with van der Waals surface area (Å²) in [5.74, 6) is 1.79. The minimum Gasteiger partial charge on any atom is -0.399 e. The predicted octanol–water partition coefficient (Wildman–Crippen LogP) is 2.00. The lowest BCUT2D eigenvalue weighted by molar-refractivity contribution is 0.730. The van der Waals surface area contributed by atoms with Crippen molar-refractivity contribution in [2.75, 3.05) is 5.73 Å². The van der Waals surface area contributed by atoms with Gasteiger partial charge < -0.3 is 5.73 Å². The van der Waals surface area contributed by atoms with E-state index < -0.39 is 0 Å². The molecule has 0 aliphatic heterocycles. The van der Waals surface area contributed by atoms with Crippen LogP contribution in [0, 0.1) is 6.92 Å². The molecule has 16 heavy (non-hydrogen) atoms. The zero-order valence-corrected chi connectivity index (χ0v) is 10.2. The van der Waals surface area contributed by atoms with Crippen LogP contribution in [-0.2, 0) is 12.8 Å². The number of aromatic nitrogens is 3. The number of benzene rings is 1. The van der Waals surface area contributed by atoms with Crippen LogP contribution in [0.15, 0.2) is 29.4 Å². The molecule has 0 atom stereocenters. The van der Waals surface area contributed by atoms with E-state index in [2.05, 4.69) is 17.0 Å². The van der Waals surface area contributed by atoms with Crippen LogP contribution in [0.25, 0.3) is 0 Å². The third-order valence-electron chi connectivity index (χ3n) is 2.36. The summed E-state index contributed by atoms with van der Waals surface area (Å²) in [6.07, 6.45) is 1.58. The van der Waals surface area contributed by atoms with Crippen LogP contribution in [0.1, 0.15) is 11.4 Å². The first kappa shape index (κ1) is 11.0. The molecule has 2 aromatic rings. The van der Waals surface area contributed by atoms with E-state index >= 15 is 0 Å². The zero-order valence-electron chi connectivity index (χ0n) is 9.34. The van der Waals surface area contributed by atoms with E-state index in [1.165, 1.54) is 10.5 Å². The number of thioether (sulfide) groups is 1. The molecule has 0 fully saturated rings. The Morgan fingerprint density at radius 3 is 2.88 bits per heavy atom. The van der Waals surface area contributed by atoms with E-state index in [-0.39, 0.29) is 0 Å². The van der Waals surface area contributed by atoms with Gasteiger partial charge in [-0.3, -0.25) is 4.68 Å². The Balaban J connectivity index is 2.08. The topological polar surface area (TPSA) is 56.7 Å². The fourth-order valence-corrected chi connectivity index (χ4v) is 2.42. The lowest BCUT2D eigenvalue weighted by Crippen LogP contribution is -1.97. The molecule has 0 unspecified atom stereocenters. The van der Waals surface area contributed by atoms with Gasteiger partial charge in [-0.15, -0.1) is 11.8 Å². The standard InChI is InChI=1S/C11H14N4S/c1-8-5-9(12)3-4-10(8)16-6-11-13-7-14-15(11)2/h3-5,7H,6,12H2,1-2H3. The Kier molecular flexibility index (Phi) is 3.14. The molecule has 0 aliphatic rings. The van der Waals surface area contributed by atoms with Gasteiger partial charge in [0.25, 0.3) is 0 Å². The molecule has 0 spiro atoms. The van der Waals surface area contributed by atoms with Crippen molar-refractivity contribution in [2.24, 2.45) is 7.05 Å². The number of aryl methyl sites for hydroxylation is 2. The second-order valence-corrected chi connectivity index (χ2v) is 4.63. The summed E-state index contributed by atoms with van der Waals surface area (Å²) >= 11 is 1.75. The minimum atomic E-state index is 0.806. The van der Waals surface area contributed by atoms with Gasteiger partial charge in [0.05, 0.1) is 5.75 Å². The average Bonchev–Trinajstić information content (AvgIpc) is 2.63. The number of anilines is 1. The molecule has 4 nitrogen and oxygen atoms in total. The Hall–Kier alpha value is -1.49. The number of nitrogen functional groups attached to an aromatic ring is 1. The second-order valence-electron chi connectivity index (χ2n) is 3.61. The summed E-state index contributed by atoms with van der Waals surface area (Å²) < 4.78 is 1.79. The highest BCUT2D eigenvalue weighted by Gasteiger charge is 2.04. The quantitative estimate of drug-likeness (QED) is 0.652. The van der Waals surface area contributed by atoms with E-state index in [4.69, 9.17) is 5.73 Å². The maximum atomic E-state index is 5.71. The van der Waals surface area contributed by atoms with Crippen molar-refractivity contribution in [3.8, 4) is 0 Å². The Morgan fingerprint density at radius 2 is 2.25 bits per heavy atom. The lowest BCUT2D eigenvalue weighted by atomic mass is 10.2. The SMILES string of the molecule is Cc1cc(N)ccc1SCc1ncnn1C. The van der Waals surface area contributed by atoms with Crippen molar-refractivity contribution in [1.82, 2.24) is 14.8 Å². The molecule has 1 heterocycles. The first-order valence-corrected chi connectivity index (χ1v) is 5.97. The summed E-state index contributed by atoms with van der Waals surface area (Å²) in [6.45, 7) is 2.06. The van der Waals surface area contributed by atoms with E-state index in [0.29, 0.717) is 0 Å². The Morgan fingerprint density at radius 1 is 1.44 bits per heavy atom. The fourth-order valence-electron chi connectivity index (χ4n) is 1.43. The normalized spacial score (nSPS) is 10.6. The molecule has 0 saturated heterocycles. The third kappa shape index (κ3) is 2.36. The van der Waals surface area contributed by atoms with Gasteiger partial charge in [-0.2, -0.15) is 5.10 Å². The fraction of sp³-hybridized carbons (Fsp3) is 0.273. The first-order chi connectivity index (χ1) is 7.66. The highest BCUT2D eigenvalue weighted by molar-refractivity contribution is 7.98. The van der Waals surface area contributed by atoms with Crippen molar-refractivity contribution in [2.45, 2.75) is 17.6 Å². The van der Waals surface area contributed by atoms with Gasteiger partial charge in [0.1, 0.15) is 12.2 Å². The molecule has 2 N–H and O–H groups in total. The summed E-state index contributed by atoms with van der Waals surface area (Å²) in [5, 5.41) is 4.04. The number of nitrogens with zero attached hydrogens (tertiary/aromatic N) is 3. The van der Waals surface area contributed by atoms with Crippen molar-refractivity contribution in [3.63, 3.8) is 0 Å². The largest absolute Gasteiger partial charge is 0.399 e. The molecule has 0 saturated carbocycles. The van der Waals surface area contributed by atoms with Gasteiger partial charge in [-0.25, -0.2) is 4.98 Å². The molecule has 0 amide bonds. The van der Waals surface area contributed by atoms with E-state index in [1.807, 2.05) is 25.2 Å². The Labute approximate surface area is 98.9 Å². The smallest absolute Gasteiger partial charge is 0.138 e. The van der Waals surface area contributed by atoms with Crippen molar-refractivity contribution in [1.29, 1.82) is 0 Å². The van der Waals surface area contributed by atoms with E-state index in [9.17, 15) is 0 Å². The van der Waals surface area contributed by atoms with Crippen molar-refractivity contribution in [3.05, 3.63) is 35.9 Å². The maximum Gasteiger partial charge on any atom is 0.138 e. The molecule has 1 aromatic heterocycles. The second kappa shape index (κ2) is 4.57. The van der Waals surface area contributed by atoms with Gasteiger partial charge in [-0.1, -0.05) is 0 Å². The molecule has 2 rings (SSSR count). The Bertz CT molecular complexity index is 492. The van der Waals surface area contributed by atoms with Gasteiger partial charge >= 0.3 is 0 Å². The highest BCUT2D eigenvalue weighted by atomic mass is 32.2. The van der Waals surface area contributed by atoms with Crippen LogP contribution in [0.5, 0.6) is 0 Å². The molecule has 0 radical (unpaired) electrons. The van der Waals surface area contributed by atoms with Crippen LogP contribution < -0.4 is 5.73 Å². The third-order valence-corrected chi connectivity index (χ3v) is 3.53. The molecular weight excluding hydrogens is 220 g/mol. The van der Waals surface area contributed by atoms with Crippen molar-refractivity contribution < 1.29 is 0 Å². The van der Waals surface area contributed by atoms with Gasteiger partial charge in [-0.05, 0) is 30.7 Å². The number of nitrogens with two attached hydrogens (primary N) is 1. The summed E-state index contributed by atoms with van der Waals surface area (Å²) in [7, 11) is 1.90. The van der Waals surface area contributed by atoms with E-state index in [0.717, 1.165) is 17.3 Å². The van der Waals surface area contributed by atoms with Crippen LogP contribution >= 0.6 is 11.8 Å². The minimum absolute atomic E-state index is 0.806. The number of hydrogen-bond acceptors (Lipinski definition) is 4. The van der Waals surface area contributed by atoms with Gasteiger partial charge in [0.15, 0.2) is 0 Å². The monoisotopic (exact) mass is 234 g/mol. The first-order valence-electron chi connectivity index (χ1n) is 4.98. The molecule has 5 heteroatoms. The predicted molar refractivity (Wildman–Crippen MR) is 66.2 cm³/mol. The average molecular weight is 234 g/mol. The lowest BCUT2D eigenvalue weighted by Gasteiger charge is -2.05. The molecule has 84 valence electrons. The van der Waals surface area contributed by atoms with Crippen molar-refractivity contribution >= 4 is 17.4 Å². The number of hydrogen-bond donors (Lipinski definition) is 1. The maximum absolute atomic E-state index is 5.71.